The van der Waals surface area contributed by atoms with Gasteiger partial charge >= 0.3 is 5.97 Å². The smallest absolute Gasteiger partial charge is 0.308 e. The first-order chi connectivity index (χ1) is 6.24. The quantitative estimate of drug-likeness (QED) is 0.393. The predicted molar refractivity (Wildman–Crippen MR) is 54.9 cm³/mol. The molecular weight excluding hydrogens is 188 g/mol. The van der Waals surface area contributed by atoms with Crippen LogP contribution in [0.15, 0.2) is 0 Å². The van der Waals surface area contributed by atoms with Crippen LogP contribution in [0, 0.1) is 0 Å². The molecule has 0 rings (SSSR count). The van der Waals surface area contributed by atoms with E-state index in [1.807, 2.05) is 13.8 Å². The summed E-state index contributed by atoms with van der Waals surface area (Å²) in [5.74, 6) is 0.283. The van der Waals surface area contributed by atoms with E-state index in [2.05, 4.69) is 12.6 Å². The number of hydrogen-bond acceptors (Lipinski definition) is 4. The highest BCUT2D eigenvalue weighted by Gasteiger charge is 2.12. The number of thiol groups is 1. The normalized spacial score (nSPS) is 12.5. The van der Waals surface area contributed by atoms with Crippen LogP contribution in [0.1, 0.15) is 33.1 Å². The largest absolute Gasteiger partial charge is 0.436 e. The Morgan fingerprint density at radius 2 is 2.15 bits per heavy atom. The van der Waals surface area contributed by atoms with Crippen molar-refractivity contribution in [3.05, 3.63) is 0 Å². The van der Waals surface area contributed by atoms with Crippen LogP contribution < -0.4 is 0 Å². The zero-order valence-electron chi connectivity index (χ0n) is 8.28. The summed E-state index contributed by atoms with van der Waals surface area (Å²) in [7, 11) is 0. The third-order valence-electron chi connectivity index (χ3n) is 1.46. The number of hydrogen-bond donors (Lipinski definition) is 1. The second kappa shape index (κ2) is 8.38. The van der Waals surface area contributed by atoms with Crippen molar-refractivity contribution in [3.8, 4) is 0 Å². The molecule has 0 saturated heterocycles. The lowest BCUT2D eigenvalue weighted by molar-refractivity contribution is -0.178. The maximum absolute atomic E-state index is 11.1. The first kappa shape index (κ1) is 12.8. The molecule has 0 radical (unpaired) electrons. The van der Waals surface area contributed by atoms with Gasteiger partial charge in [-0.2, -0.15) is 12.6 Å². The monoisotopic (exact) mass is 206 g/mol. The highest BCUT2D eigenvalue weighted by molar-refractivity contribution is 7.80. The Balaban J connectivity index is 3.71. The molecule has 0 aromatic rings. The average molecular weight is 206 g/mol. The van der Waals surface area contributed by atoms with Gasteiger partial charge in [0.05, 0.1) is 6.42 Å². The maximum Gasteiger partial charge on any atom is 0.308 e. The van der Waals surface area contributed by atoms with E-state index in [0.29, 0.717) is 18.8 Å². The van der Waals surface area contributed by atoms with Gasteiger partial charge < -0.3 is 9.47 Å². The maximum atomic E-state index is 11.1. The molecule has 0 spiro atoms. The Bertz CT molecular complexity index is 133. The lowest BCUT2D eigenvalue weighted by Gasteiger charge is -2.16. The van der Waals surface area contributed by atoms with E-state index < -0.39 is 0 Å². The van der Waals surface area contributed by atoms with Gasteiger partial charge in [0.15, 0.2) is 0 Å². The zero-order chi connectivity index (χ0) is 10.1. The van der Waals surface area contributed by atoms with Gasteiger partial charge in [0.1, 0.15) is 0 Å². The summed E-state index contributed by atoms with van der Waals surface area (Å²) in [5, 5.41) is 0. The van der Waals surface area contributed by atoms with Crippen LogP contribution >= 0.6 is 12.6 Å². The van der Waals surface area contributed by atoms with E-state index in [-0.39, 0.29) is 12.3 Å². The van der Waals surface area contributed by atoms with Crippen molar-refractivity contribution >= 4 is 18.6 Å². The van der Waals surface area contributed by atoms with E-state index in [4.69, 9.17) is 9.47 Å². The van der Waals surface area contributed by atoms with Crippen molar-refractivity contribution in [2.24, 2.45) is 0 Å². The Hall–Kier alpha value is -0.220. The van der Waals surface area contributed by atoms with E-state index in [1.165, 1.54) is 0 Å². The molecule has 3 nitrogen and oxygen atoms in total. The van der Waals surface area contributed by atoms with Crippen LogP contribution in [-0.2, 0) is 14.3 Å². The molecule has 0 aromatic heterocycles. The second-order valence-electron chi connectivity index (χ2n) is 2.64. The van der Waals surface area contributed by atoms with Crippen LogP contribution in [-0.4, -0.2) is 24.6 Å². The Morgan fingerprint density at radius 1 is 1.46 bits per heavy atom. The molecular formula is C9H18O3S. The third-order valence-corrected chi connectivity index (χ3v) is 1.68. The lowest BCUT2D eigenvalue weighted by atomic mass is 10.3. The fourth-order valence-corrected chi connectivity index (χ4v) is 1.08. The summed E-state index contributed by atoms with van der Waals surface area (Å²) < 4.78 is 10.3. The van der Waals surface area contributed by atoms with Crippen LogP contribution in [0.5, 0.6) is 0 Å². The molecule has 0 aliphatic rings. The van der Waals surface area contributed by atoms with E-state index >= 15 is 0 Å². The van der Waals surface area contributed by atoms with Crippen molar-refractivity contribution in [2.45, 2.75) is 39.4 Å². The van der Waals surface area contributed by atoms with Crippen molar-refractivity contribution in [3.63, 3.8) is 0 Å². The molecule has 0 amide bonds. The molecule has 13 heavy (non-hydrogen) atoms. The minimum atomic E-state index is -0.373. The van der Waals surface area contributed by atoms with E-state index in [9.17, 15) is 4.79 Å². The zero-order valence-corrected chi connectivity index (χ0v) is 9.18. The molecule has 0 aliphatic carbocycles. The van der Waals surface area contributed by atoms with Gasteiger partial charge in [0.25, 0.3) is 0 Å². The molecule has 4 heteroatoms. The van der Waals surface area contributed by atoms with E-state index in [0.717, 1.165) is 12.8 Å². The predicted octanol–water partition coefficient (Wildman–Crippen LogP) is 2.01. The van der Waals surface area contributed by atoms with Gasteiger partial charge in [-0.15, -0.1) is 0 Å². The van der Waals surface area contributed by atoms with Crippen LogP contribution in [0.3, 0.4) is 0 Å². The summed E-state index contributed by atoms with van der Waals surface area (Å²) in [6, 6.07) is 0. The lowest BCUT2D eigenvalue weighted by Crippen LogP contribution is -2.21. The molecule has 0 bridgehead atoms. The summed E-state index contributed by atoms with van der Waals surface area (Å²) >= 11 is 3.95. The molecule has 0 saturated carbocycles. The minimum Gasteiger partial charge on any atom is -0.436 e. The standard InChI is InChI=1S/C9H18O3S/c1-3-5-9(11-4-2)12-8(10)6-7-13/h9,13H,3-7H2,1-2H3. The fourth-order valence-electron chi connectivity index (χ4n) is 0.895. The average Bonchev–Trinajstić information content (AvgIpc) is 2.05. The summed E-state index contributed by atoms with van der Waals surface area (Å²) in [5.41, 5.74) is 0. The topological polar surface area (TPSA) is 35.5 Å². The Kier molecular flexibility index (Phi) is 8.24. The van der Waals surface area contributed by atoms with Crippen LogP contribution in [0.4, 0.5) is 0 Å². The molecule has 1 unspecified atom stereocenters. The number of esters is 1. The highest BCUT2D eigenvalue weighted by Crippen LogP contribution is 2.05. The van der Waals surface area contributed by atoms with Crippen LogP contribution in [0.25, 0.3) is 0 Å². The highest BCUT2D eigenvalue weighted by atomic mass is 32.1. The third kappa shape index (κ3) is 6.90. The fraction of sp³-hybridized carbons (Fsp3) is 0.889. The van der Waals surface area contributed by atoms with Gasteiger partial charge in [0.2, 0.25) is 6.29 Å². The van der Waals surface area contributed by atoms with E-state index in [1.54, 1.807) is 0 Å². The summed E-state index contributed by atoms with van der Waals surface area (Å²) in [6.07, 6.45) is 1.67. The molecule has 0 aliphatic heterocycles. The molecule has 0 heterocycles. The molecule has 0 aromatic carbocycles. The summed E-state index contributed by atoms with van der Waals surface area (Å²) in [4.78, 5) is 11.1. The van der Waals surface area contributed by atoms with Crippen LogP contribution in [0.2, 0.25) is 0 Å². The first-order valence-corrected chi connectivity index (χ1v) is 5.29. The van der Waals surface area contributed by atoms with Crippen molar-refractivity contribution in [1.82, 2.24) is 0 Å². The van der Waals surface area contributed by atoms with Gasteiger partial charge in [-0.3, -0.25) is 4.79 Å². The van der Waals surface area contributed by atoms with Gasteiger partial charge in [-0.05, 0) is 6.92 Å². The van der Waals surface area contributed by atoms with Gasteiger partial charge in [-0.25, -0.2) is 0 Å². The second-order valence-corrected chi connectivity index (χ2v) is 3.08. The van der Waals surface area contributed by atoms with Crippen molar-refractivity contribution in [2.75, 3.05) is 12.4 Å². The number of carbonyl (C=O) groups is 1. The SMILES string of the molecule is CCCC(OCC)OC(=O)CCS. The number of rotatable bonds is 7. The van der Waals surface area contributed by atoms with Gasteiger partial charge in [-0.1, -0.05) is 13.3 Å². The Morgan fingerprint density at radius 3 is 2.62 bits per heavy atom. The first-order valence-electron chi connectivity index (χ1n) is 4.66. The van der Waals surface area contributed by atoms with Gasteiger partial charge in [0, 0.05) is 18.8 Å². The van der Waals surface area contributed by atoms with Crippen molar-refractivity contribution in [1.29, 1.82) is 0 Å². The Labute approximate surface area is 85.2 Å². The number of ether oxygens (including phenoxy) is 2. The minimum absolute atomic E-state index is 0.234. The summed E-state index contributed by atoms with van der Waals surface area (Å²) in [6.45, 7) is 4.48. The molecule has 0 fully saturated rings. The van der Waals surface area contributed by atoms with Crippen molar-refractivity contribution < 1.29 is 14.3 Å². The number of carbonyl (C=O) groups excluding carboxylic acids is 1. The molecule has 1 atom stereocenters. The molecule has 78 valence electrons. The molecule has 0 N–H and O–H groups in total.